The van der Waals surface area contributed by atoms with E-state index >= 15 is 0 Å². The summed E-state index contributed by atoms with van der Waals surface area (Å²) in [6.07, 6.45) is 3.57. The number of allylic oxidation sites excluding steroid dienone is 1. The molecule has 2 heterocycles. The van der Waals surface area contributed by atoms with Crippen LogP contribution < -0.4 is 0 Å². The van der Waals surface area contributed by atoms with Crippen LogP contribution >= 0.6 is 0 Å². The highest BCUT2D eigenvalue weighted by atomic mass is 19.1. The van der Waals surface area contributed by atoms with E-state index in [0.717, 1.165) is 0 Å². The van der Waals surface area contributed by atoms with Crippen LogP contribution in [-0.4, -0.2) is 22.1 Å². The molecule has 0 fully saturated rings. The van der Waals surface area contributed by atoms with E-state index < -0.39 is 5.97 Å². The Morgan fingerprint density at radius 3 is 3.20 bits per heavy atom. The van der Waals surface area contributed by atoms with Crippen molar-refractivity contribution in [3.8, 4) is 0 Å². The topological polar surface area (TPSA) is 44.1 Å². The Balaban J connectivity index is 2.36. The normalized spacial score (nSPS) is 14.4. The highest BCUT2D eigenvalue weighted by Gasteiger charge is 2.19. The Kier molecular flexibility index (Phi) is 2.53. The Morgan fingerprint density at radius 1 is 1.67 bits per heavy atom. The molecule has 1 aliphatic heterocycles. The predicted molar refractivity (Wildman–Crippen MR) is 51.9 cm³/mol. The van der Waals surface area contributed by atoms with Crippen molar-refractivity contribution < 1.29 is 13.9 Å². The summed E-state index contributed by atoms with van der Waals surface area (Å²) >= 11 is 0. The number of carbonyl (C=O) groups excluding carboxylic acids is 1. The fourth-order valence-electron chi connectivity index (χ4n) is 1.52. The number of aromatic nitrogens is 2. The smallest absolute Gasteiger partial charge is 0.356 e. The van der Waals surface area contributed by atoms with Crippen molar-refractivity contribution in [2.45, 2.75) is 19.8 Å². The van der Waals surface area contributed by atoms with Gasteiger partial charge in [0.05, 0.1) is 12.8 Å². The van der Waals surface area contributed by atoms with Gasteiger partial charge in [-0.3, -0.25) is 4.57 Å². The minimum atomic E-state index is -0.470. The second-order valence-electron chi connectivity index (χ2n) is 3.23. The Bertz CT molecular complexity index is 423. The average Bonchev–Trinajstić information content (AvgIpc) is 2.60. The standard InChI is InChI=1S/C10H11FN2O2/c1-2-15-10(14)8-5-12-9-4-3-7(11)6-13(8)9/h5-6H,2-4H2,1H3. The Morgan fingerprint density at radius 2 is 2.47 bits per heavy atom. The second kappa shape index (κ2) is 3.84. The molecular formula is C10H11FN2O2. The van der Waals surface area contributed by atoms with Crippen molar-refractivity contribution in [2.75, 3.05) is 6.61 Å². The van der Waals surface area contributed by atoms with Crippen molar-refractivity contribution in [2.24, 2.45) is 0 Å². The van der Waals surface area contributed by atoms with Crippen LogP contribution in [0.5, 0.6) is 0 Å². The van der Waals surface area contributed by atoms with Gasteiger partial charge in [-0.25, -0.2) is 14.2 Å². The van der Waals surface area contributed by atoms with Gasteiger partial charge in [0.1, 0.15) is 11.7 Å². The number of hydrogen-bond acceptors (Lipinski definition) is 3. The van der Waals surface area contributed by atoms with Crippen LogP contribution in [0, 0.1) is 0 Å². The van der Waals surface area contributed by atoms with Crippen LogP contribution in [0.4, 0.5) is 4.39 Å². The SMILES string of the molecule is CCOC(=O)c1cnc2n1C=C(F)CC2. The summed E-state index contributed by atoms with van der Waals surface area (Å²) < 4.78 is 19.3. The predicted octanol–water partition coefficient (Wildman–Crippen LogP) is 1.77. The third kappa shape index (κ3) is 1.77. The fraction of sp³-hybridized carbons (Fsp3) is 0.400. The molecule has 0 aliphatic carbocycles. The number of fused-ring (bicyclic) bond motifs is 1. The van der Waals surface area contributed by atoms with Gasteiger partial charge in [-0.2, -0.15) is 0 Å². The lowest BCUT2D eigenvalue weighted by molar-refractivity contribution is 0.0517. The molecule has 0 saturated carbocycles. The van der Waals surface area contributed by atoms with E-state index in [-0.39, 0.29) is 11.5 Å². The first-order valence-corrected chi connectivity index (χ1v) is 4.81. The Labute approximate surface area is 86.4 Å². The van der Waals surface area contributed by atoms with Crippen molar-refractivity contribution in [1.29, 1.82) is 0 Å². The van der Waals surface area contributed by atoms with E-state index in [2.05, 4.69) is 4.98 Å². The minimum Gasteiger partial charge on any atom is -0.461 e. The molecule has 0 aromatic carbocycles. The largest absolute Gasteiger partial charge is 0.461 e. The number of aryl methyl sites for hydroxylation is 1. The Hall–Kier alpha value is -1.65. The molecule has 0 atom stereocenters. The van der Waals surface area contributed by atoms with Crippen molar-refractivity contribution in [3.05, 3.63) is 23.5 Å². The number of esters is 1. The van der Waals surface area contributed by atoms with Crippen LogP contribution in [-0.2, 0) is 11.2 Å². The van der Waals surface area contributed by atoms with Crippen LogP contribution in [0.15, 0.2) is 12.0 Å². The maximum absolute atomic E-state index is 13.0. The highest BCUT2D eigenvalue weighted by molar-refractivity contribution is 5.88. The van der Waals surface area contributed by atoms with Crippen molar-refractivity contribution >= 4 is 12.2 Å². The lowest BCUT2D eigenvalue weighted by Crippen LogP contribution is -2.12. The van der Waals surface area contributed by atoms with E-state index in [1.807, 2.05) is 0 Å². The minimum absolute atomic E-state index is 0.244. The molecule has 1 aromatic heterocycles. The highest BCUT2D eigenvalue weighted by Crippen LogP contribution is 2.20. The summed E-state index contributed by atoms with van der Waals surface area (Å²) in [6.45, 7) is 2.02. The molecule has 0 amide bonds. The zero-order valence-corrected chi connectivity index (χ0v) is 8.36. The third-order valence-electron chi connectivity index (χ3n) is 2.21. The van der Waals surface area contributed by atoms with Gasteiger partial charge in [-0.15, -0.1) is 0 Å². The molecule has 15 heavy (non-hydrogen) atoms. The maximum Gasteiger partial charge on any atom is 0.356 e. The molecule has 5 heteroatoms. The lowest BCUT2D eigenvalue weighted by Gasteiger charge is -2.11. The average molecular weight is 210 g/mol. The maximum atomic E-state index is 13.0. The van der Waals surface area contributed by atoms with E-state index in [1.165, 1.54) is 17.0 Å². The molecule has 80 valence electrons. The van der Waals surface area contributed by atoms with Crippen molar-refractivity contribution in [3.63, 3.8) is 0 Å². The first kappa shape index (κ1) is 9.89. The molecule has 0 radical (unpaired) electrons. The number of imidazole rings is 1. The molecule has 4 nitrogen and oxygen atoms in total. The summed E-state index contributed by atoms with van der Waals surface area (Å²) in [5, 5.41) is 0. The van der Waals surface area contributed by atoms with Gasteiger partial charge in [-0.1, -0.05) is 0 Å². The molecule has 1 aliphatic rings. The number of ether oxygens (including phenoxy) is 1. The third-order valence-corrected chi connectivity index (χ3v) is 2.21. The first-order chi connectivity index (χ1) is 7.22. The van der Waals surface area contributed by atoms with Gasteiger partial charge in [0.15, 0.2) is 5.69 Å². The summed E-state index contributed by atoms with van der Waals surface area (Å²) in [4.78, 5) is 15.5. The van der Waals surface area contributed by atoms with E-state index in [9.17, 15) is 9.18 Å². The van der Waals surface area contributed by atoms with Crippen LogP contribution in [0.2, 0.25) is 0 Å². The van der Waals surface area contributed by atoms with Crippen LogP contribution in [0.25, 0.3) is 6.20 Å². The fourth-order valence-corrected chi connectivity index (χ4v) is 1.52. The van der Waals surface area contributed by atoms with Gasteiger partial charge in [0, 0.05) is 19.0 Å². The summed E-state index contributed by atoms with van der Waals surface area (Å²) in [7, 11) is 0. The monoisotopic (exact) mass is 210 g/mol. The van der Waals surface area contributed by atoms with Gasteiger partial charge in [0.25, 0.3) is 0 Å². The van der Waals surface area contributed by atoms with Crippen LogP contribution in [0.1, 0.15) is 29.7 Å². The van der Waals surface area contributed by atoms with Gasteiger partial charge < -0.3 is 4.74 Å². The number of rotatable bonds is 2. The number of nitrogens with zero attached hydrogens (tertiary/aromatic N) is 2. The van der Waals surface area contributed by atoms with E-state index in [1.54, 1.807) is 6.92 Å². The number of carbonyl (C=O) groups is 1. The van der Waals surface area contributed by atoms with Gasteiger partial charge >= 0.3 is 5.97 Å². The lowest BCUT2D eigenvalue weighted by atomic mass is 10.2. The van der Waals surface area contributed by atoms with E-state index in [0.29, 0.717) is 25.3 Å². The summed E-state index contributed by atoms with van der Waals surface area (Å²) in [5.74, 6) is -0.0206. The first-order valence-electron chi connectivity index (χ1n) is 4.81. The zero-order valence-electron chi connectivity index (χ0n) is 8.36. The van der Waals surface area contributed by atoms with Gasteiger partial charge in [0.2, 0.25) is 0 Å². The van der Waals surface area contributed by atoms with Crippen molar-refractivity contribution in [1.82, 2.24) is 9.55 Å². The molecule has 2 rings (SSSR count). The molecule has 0 bridgehead atoms. The van der Waals surface area contributed by atoms with Gasteiger partial charge in [-0.05, 0) is 6.92 Å². The number of halogens is 1. The molecule has 1 aromatic rings. The number of hydrogen-bond donors (Lipinski definition) is 0. The molecule has 0 N–H and O–H groups in total. The molecular weight excluding hydrogens is 199 g/mol. The zero-order chi connectivity index (χ0) is 10.8. The molecule has 0 spiro atoms. The molecule has 0 unspecified atom stereocenters. The summed E-state index contributed by atoms with van der Waals surface area (Å²) in [6, 6.07) is 0. The quantitative estimate of drug-likeness (QED) is 0.699. The van der Waals surface area contributed by atoms with E-state index in [4.69, 9.17) is 4.74 Å². The molecule has 0 saturated heterocycles. The second-order valence-corrected chi connectivity index (χ2v) is 3.23. The summed E-state index contributed by atoms with van der Waals surface area (Å²) in [5.41, 5.74) is 0.279. The van der Waals surface area contributed by atoms with Crippen LogP contribution in [0.3, 0.4) is 0 Å².